The quantitative estimate of drug-likeness (QED) is 0.731. The summed E-state index contributed by atoms with van der Waals surface area (Å²) in [6.07, 6.45) is 5.46. The SMILES string of the molecule is C=CC1=C(C=C)C(=O)CC2(CCN(C)CC2)O1. The van der Waals surface area contributed by atoms with Crippen LogP contribution in [-0.4, -0.2) is 36.4 Å². The van der Waals surface area contributed by atoms with E-state index in [-0.39, 0.29) is 11.4 Å². The van der Waals surface area contributed by atoms with Crippen LogP contribution in [0.4, 0.5) is 0 Å². The Labute approximate surface area is 102 Å². The van der Waals surface area contributed by atoms with E-state index in [1.807, 2.05) is 0 Å². The van der Waals surface area contributed by atoms with E-state index in [2.05, 4.69) is 25.1 Å². The van der Waals surface area contributed by atoms with Gasteiger partial charge in [0.05, 0.1) is 12.0 Å². The molecule has 0 aliphatic carbocycles. The minimum atomic E-state index is -0.306. The van der Waals surface area contributed by atoms with Gasteiger partial charge in [-0.15, -0.1) is 0 Å². The summed E-state index contributed by atoms with van der Waals surface area (Å²) in [6.45, 7) is 9.33. The molecule has 0 bridgehead atoms. The second kappa shape index (κ2) is 4.49. The number of carbonyl (C=O) groups excluding carboxylic acids is 1. The van der Waals surface area contributed by atoms with Gasteiger partial charge in [-0.05, 0) is 13.1 Å². The largest absolute Gasteiger partial charge is 0.486 e. The van der Waals surface area contributed by atoms with Gasteiger partial charge in [0.15, 0.2) is 5.78 Å². The number of hydrogen-bond acceptors (Lipinski definition) is 3. The Hall–Kier alpha value is -1.35. The zero-order valence-corrected chi connectivity index (χ0v) is 10.4. The summed E-state index contributed by atoms with van der Waals surface area (Å²) in [7, 11) is 2.09. The molecule has 2 aliphatic rings. The monoisotopic (exact) mass is 233 g/mol. The summed E-state index contributed by atoms with van der Waals surface area (Å²) in [5.41, 5.74) is 0.268. The first-order valence-electron chi connectivity index (χ1n) is 6.00. The number of hydrogen-bond donors (Lipinski definition) is 0. The van der Waals surface area contributed by atoms with E-state index in [4.69, 9.17) is 4.74 Å². The lowest BCUT2D eigenvalue weighted by Gasteiger charge is -2.43. The number of ketones is 1. The molecular weight excluding hydrogens is 214 g/mol. The van der Waals surface area contributed by atoms with Gasteiger partial charge in [-0.3, -0.25) is 4.79 Å². The molecule has 0 atom stereocenters. The zero-order valence-electron chi connectivity index (χ0n) is 10.4. The third-order valence-corrected chi connectivity index (χ3v) is 3.66. The van der Waals surface area contributed by atoms with E-state index in [0.29, 0.717) is 17.8 Å². The van der Waals surface area contributed by atoms with Gasteiger partial charge in [0, 0.05) is 25.9 Å². The molecule has 0 aromatic carbocycles. The molecule has 2 heterocycles. The molecule has 3 heteroatoms. The summed E-state index contributed by atoms with van der Waals surface area (Å²) in [4.78, 5) is 14.3. The van der Waals surface area contributed by atoms with Crippen LogP contribution in [0.5, 0.6) is 0 Å². The molecule has 2 aliphatic heterocycles. The van der Waals surface area contributed by atoms with Gasteiger partial charge in [0.25, 0.3) is 0 Å². The van der Waals surface area contributed by atoms with E-state index < -0.39 is 0 Å². The van der Waals surface area contributed by atoms with Crippen molar-refractivity contribution in [3.63, 3.8) is 0 Å². The summed E-state index contributed by atoms with van der Waals surface area (Å²) in [5, 5.41) is 0. The van der Waals surface area contributed by atoms with E-state index in [0.717, 1.165) is 25.9 Å². The molecule has 0 aromatic rings. The number of piperidine rings is 1. The summed E-state index contributed by atoms with van der Waals surface area (Å²) >= 11 is 0. The average molecular weight is 233 g/mol. The first-order chi connectivity index (χ1) is 8.10. The standard InChI is InChI=1S/C14H19NO2/c1-4-11-12(16)10-14(17-13(11)5-2)6-8-15(3)9-7-14/h4-5H,1-2,6-10H2,3H3. The molecule has 17 heavy (non-hydrogen) atoms. The molecule has 0 N–H and O–H groups in total. The number of carbonyl (C=O) groups is 1. The number of likely N-dealkylation sites (tertiary alicyclic amines) is 1. The highest BCUT2D eigenvalue weighted by molar-refractivity contribution is 6.00. The van der Waals surface area contributed by atoms with Gasteiger partial charge in [-0.1, -0.05) is 19.2 Å². The maximum absolute atomic E-state index is 12.1. The van der Waals surface area contributed by atoms with Crippen LogP contribution >= 0.6 is 0 Å². The number of ether oxygens (including phenoxy) is 1. The van der Waals surface area contributed by atoms with Gasteiger partial charge in [-0.2, -0.15) is 0 Å². The number of nitrogens with zero attached hydrogens (tertiary/aromatic N) is 1. The van der Waals surface area contributed by atoms with Crippen molar-refractivity contribution in [1.29, 1.82) is 0 Å². The zero-order chi connectivity index (χ0) is 12.5. The smallest absolute Gasteiger partial charge is 0.170 e. The summed E-state index contributed by atoms with van der Waals surface area (Å²) in [5.74, 6) is 0.728. The van der Waals surface area contributed by atoms with E-state index >= 15 is 0 Å². The van der Waals surface area contributed by atoms with Crippen molar-refractivity contribution in [2.45, 2.75) is 24.9 Å². The third-order valence-electron chi connectivity index (χ3n) is 3.66. The highest BCUT2D eigenvalue weighted by Gasteiger charge is 2.42. The third kappa shape index (κ3) is 2.20. The van der Waals surface area contributed by atoms with E-state index in [9.17, 15) is 4.79 Å². The predicted molar refractivity (Wildman–Crippen MR) is 67.6 cm³/mol. The van der Waals surface area contributed by atoms with Gasteiger partial charge in [-0.25, -0.2) is 0 Å². The van der Waals surface area contributed by atoms with Crippen molar-refractivity contribution >= 4 is 5.78 Å². The Balaban J connectivity index is 2.26. The van der Waals surface area contributed by atoms with Crippen molar-refractivity contribution in [3.8, 4) is 0 Å². The fraction of sp³-hybridized carbons (Fsp3) is 0.500. The Bertz CT molecular complexity index is 387. The Morgan fingerprint density at radius 1 is 1.29 bits per heavy atom. The van der Waals surface area contributed by atoms with Crippen molar-refractivity contribution < 1.29 is 9.53 Å². The Morgan fingerprint density at radius 3 is 2.47 bits per heavy atom. The average Bonchev–Trinajstić information content (AvgIpc) is 2.32. The molecule has 92 valence electrons. The van der Waals surface area contributed by atoms with Crippen molar-refractivity contribution in [2.75, 3.05) is 20.1 Å². The first-order valence-corrected chi connectivity index (χ1v) is 6.00. The van der Waals surface area contributed by atoms with Crippen LogP contribution in [-0.2, 0) is 9.53 Å². The van der Waals surface area contributed by atoms with Crippen LogP contribution in [0.15, 0.2) is 36.6 Å². The van der Waals surface area contributed by atoms with Gasteiger partial charge in [0.1, 0.15) is 11.4 Å². The van der Waals surface area contributed by atoms with Gasteiger partial charge in [0.2, 0.25) is 0 Å². The first kappa shape index (κ1) is 12.1. The highest BCUT2D eigenvalue weighted by Crippen LogP contribution is 2.37. The van der Waals surface area contributed by atoms with Crippen LogP contribution in [0.2, 0.25) is 0 Å². The predicted octanol–water partition coefficient (Wildman–Crippen LogP) is 2.07. The number of allylic oxidation sites excluding steroid dienone is 3. The molecule has 3 nitrogen and oxygen atoms in total. The minimum absolute atomic E-state index is 0.130. The molecule has 0 aromatic heterocycles. The molecule has 1 saturated heterocycles. The topological polar surface area (TPSA) is 29.5 Å². The molecule has 0 radical (unpaired) electrons. The van der Waals surface area contributed by atoms with Crippen molar-refractivity contribution in [1.82, 2.24) is 4.90 Å². The summed E-state index contributed by atoms with van der Waals surface area (Å²) < 4.78 is 6.03. The molecule has 2 rings (SSSR count). The molecule has 0 unspecified atom stereocenters. The fourth-order valence-electron chi connectivity index (χ4n) is 2.52. The van der Waals surface area contributed by atoms with Crippen molar-refractivity contribution in [3.05, 3.63) is 36.6 Å². The number of Topliss-reactive ketones (excluding diaryl/α,β-unsaturated/α-hetero) is 1. The molecule has 1 spiro atoms. The van der Waals surface area contributed by atoms with Crippen LogP contribution in [0.25, 0.3) is 0 Å². The van der Waals surface area contributed by atoms with E-state index in [1.54, 1.807) is 12.2 Å². The van der Waals surface area contributed by atoms with Gasteiger partial charge < -0.3 is 9.64 Å². The van der Waals surface area contributed by atoms with E-state index in [1.165, 1.54) is 0 Å². The lowest BCUT2D eigenvalue weighted by atomic mass is 9.82. The Morgan fingerprint density at radius 2 is 1.94 bits per heavy atom. The normalized spacial score (nSPS) is 24.6. The number of rotatable bonds is 2. The van der Waals surface area contributed by atoms with Crippen LogP contribution in [0.3, 0.4) is 0 Å². The molecular formula is C14H19NO2. The lowest BCUT2D eigenvalue weighted by molar-refractivity contribution is -0.127. The molecule has 1 fully saturated rings. The maximum atomic E-state index is 12.1. The second-order valence-electron chi connectivity index (χ2n) is 4.87. The minimum Gasteiger partial charge on any atom is -0.486 e. The fourth-order valence-corrected chi connectivity index (χ4v) is 2.52. The highest BCUT2D eigenvalue weighted by atomic mass is 16.5. The Kier molecular flexibility index (Phi) is 3.20. The second-order valence-corrected chi connectivity index (χ2v) is 4.87. The maximum Gasteiger partial charge on any atom is 0.170 e. The lowest BCUT2D eigenvalue weighted by Crippen LogP contribution is -2.47. The van der Waals surface area contributed by atoms with Crippen molar-refractivity contribution in [2.24, 2.45) is 0 Å². The molecule has 0 saturated carbocycles. The van der Waals surface area contributed by atoms with Crippen LogP contribution in [0, 0.1) is 0 Å². The molecule has 0 amide bonds. The summed E-state index contributed by atoms with van der Waals surface area (Å²) in [6, 6.07) is 0. The van der Waals surface area contributed by atoms with Gasteiger partial charge >= 0.3 is 0 Å². The van der Waals surface area contributed by atoms with Crippen LogP contribution < -0.4 is 0 Å². The van der Waals surface area contributed by atoms with Crippen LogP contribution in [0.1, 0.15) is 19.3 Å².